The second kappa shape index (κ2) is 2.44. The molecule has 1 aliphatic carbocycles. The largest absolute Gasteiger partial charge is 0.409 e. The smallest absolute Gasteiger partial charge is 0.394 e. The SMILES string of the molecule is [B]C([B])(O)CC1(C(F)(F)F)CC1. The van der Waals surface area contributed by atoms with E-state index in [4.69, 9.17) is 20.8 Å². The summed E-state index contributed by atoms with van der Waals surface area (Å²) in [4.78, 5) is 0. The van der Waals surface area contributed by atoms with Crippen LogP contribution >= 0.6 is 0 Å². The fraction of sp³-hybridized carbons (Fsp3) is 1.00. The average molecular weight is 174 g/mol. The van der Waals surface area contributed by atoms with E-state index < -0.39 is 23.4 Å². The maximum atomic E-state index is 12.2. The van der Waals surface area contributed by atoms with Crippen molar-refractivity contribution in [3.05, 3.63) is 0 Å². The molecule has 1 aliphatic rings. The molecule has 0 aliphatic heterocycles. The van der Waals surface area contributed by atoms with Crippen LogP contribution in [0.25, 0.3) is 0 Å². The molecule has 0 aromatic rings. The van der Waals surface area contributed by atoms with Crippen LogP contribution in [0.4, 0.5) is 13.2 Å². The number of hydrogen-bond acceptors (Lipinski definition) is 1. The lowest BCUT2D eigenvalue weighted by Crippen LogP contribution is -2.38. The highest BCUT2D eigenvalue weighted by atomic mass is 19.4. The van der Waals surface area contributed by atoms with Crippen LogP contribution in [0.3, 0.4) is 0 Å². The standard InChI is InChI=1S/C6H7B2F3O/c7-5(8,12)3-4(1-2-4)6(9,10)11/h12H,1-3H2. The normalized spacial score (nSPS) is 22.3. The van der Waals surface area contributed by atoms with Crippen molar-refractivity contribution in [2.45, 2.75) is 30.8 Å². The first kappa shape index (κ1) is 9.96. The van der Waals surface area contributed by atoms with Gasteiger partial charge in [-0.05, 0) is 24.7 Å². The zero-order valence-corrected chi connectivity index (χ0v) is 6.36. The van der Waals surface area contributed by atoms with Crippen LogP contribution in [0.1, 0.15) is 19.3 Å². The molecule has 0 unspecified atom stereocenters. The lowest BCUT2D eigenvalue weighted by Gasteiger charge is -2.27. The van der Waals surface area contributed by atoms with Crippen LogP contribution in [0.2, 0.25) is 0 Å². The molecule has 0 heterocycles. The molecule has 0 saturated heterocycles. The first-order valence-electron chi connectivity index (χ1n) is 3.53. The van der Waals surface area contributed by atoms with Gasteiger partial charge in [0.25, 0.3) is 0 Å². The predicted octanol–water partition coefficient (Wildman–Crippen LogP) is 0.702. The number of halogens is 3. The lowest BCUT2D eigenvalue weighted by molar-refractivity contribution is -0.193. The Hall–Kier alpha value is -0.120. The van der Waals surface area contributed by atoms with Gasteiger partial charge in [-0.3, -0.25) is 0 Å². The maximum absolute atomic E-state index is 12.2. The van der Waals surface area contributed by atoms with E-state index in [1.807, 2.05) is 0 Å². The van der Waals surface area contributed by atoms with Gasteiger partial charge in [0.1, 0.15) is 0 Å². The Labute approximate surface area is 71.2 Å². The molecule has 12 heavy (non-hydrogen) atoms. The maximum Gasteiger partial charge on any atom is 0.394 e. The Balaban J connectivity index is 2.63. The van der Waals surface area contributed by atoms with Gasteiger partial charge >= 0.3 is 6.18 Å². The average Bonchev–Trinajstić information content (AvgIpc) is 2.39. The van der Waals surface area contributed by atoms with Crippen LogP contribution < -0.4 is 0 Å². The van der Waals surface area contributed by atoms with Crippen LogP contribution in [0.15, 0.2) is 0 Å². The zero-order valence-electron chi connectivity index (χ0n) is 6.36. The summed E-state index contributed by atoms with van der Waals surface area (Å²) >= 11 is 0. The van der Waals surface area contributed by atoms with Gasteiger partial charge in [0.15, 0.2) is 0 Å². The van der Waals surface area contributed by atoms with E-state index in [1.54, 1.807) is 0 Å². The van der Waals surface area contributed by atoms with Crippen molar-refractivity contribution in [3.63, 3.8) is 0 Å². The van der Waals surface area contributed by atoms with Gasteiger partial charge in [0.05, 0.1) is 21.1 Å². The van der Waals surface area contributed by atoms with Crippen LogP contribution in [0.5, 0.6) is 0 Å². The van der Waals surface area contributed by atoms with Crippen LogP contribution in [0, 0.1) is 5.41 Å². The van der Waals surface area contributed by atoms with Gasteiger partial charge in [-0.15, -0.1) is 0 Å². The van der Waals surface area contributed by atoms with Crippen molar-refractivity contribution >= 4 is 15.7 Å². The molecule has 1 saturated carbocycles. The molecular formula is C6H7B2F3O. The minimum absolute atomic E-state index is 0.00715. The third kappa shape index (κ3) is 1.97. The van der Waals surface area contributed by atoms with E-state index in [0.29, 0.717) is 0 Å². The summed E-state index contributed by atoms with van der Waals surface area (Å²) in [5, 5.41) is 6.60. The minimum Gasteiger partial charge on any atom is -0.409 e. The Kier molecular flexibility index (Phi) is 2.02. The topological polar surface area (TPSA) is 20.2 Å². The van der Waals surface area contributed by atoms with Crippen molar-refractivity contribution in [1.29, 1.82) is 0 Å². The first-order valence-corrected chi connectivity index (χ1v) is 3.53. The molecule has 64 valence electrons. The summed E-state index contributed by atoms with van der Waals surface area (Å²) in [6, 6.07) is 0. The van der Waals surface area contributed by atoms with E-state index in [2.05, 4.69) is 0 Å². The third-order valence-electron chi connectivity index (χ3n) is 2.08. The number of rotatable bonds is 2. The van der Waals surface area contributed by atoms with Gasteiger partial charge in [0, 0.05) is 0 Å². The Morgan fingerprint density at radius 2 is 1.67 bits per heavy atom. The molecular weight excluding hydrogens is 167 g/mol. The van der Waals surface area contributed by atoms with Gasteiger partial charge in [-0.25, -0.2) is 0 Å². The molecule has 1 fully saturated rings. The zero-order chi connectivity index (χ0) is 9.62. The first-order chi connectivity index (χ1) is 5.16. The Morgan fingerprint density at radius 3 is 1.75 bits per heavy atom. The quantitative estimate of drug-likeness (QED) is 0.610. The number of alkyl halides is 3. The predicted molar refractivity (Wildman–Crippen MR) is 38.8 cm³/mol. The van der Waals surface area contributed by atoms with Crippen molar-refractivity contribution in [3.8, 4) is 0 Å². The van der Waals surface area contributed by atoms with E-state index in [9.17, 15) is 13.2 Å². The molecule has 0 spiro atoms. The summed E-state index contributed by atoms with van der Waals surface area (Å²) < 4.78 is 36.6. The fourth-order valence-electron chi connectivity index (χ4n) is 1.25. The molecule has 1 N–H and O–H groups in total. The van der Waals surface area contributed by atoms with E-state index in [0.717, 1.165) is 0 Å². The Bertz CT molecular complexity index is 180. The van der Waals surface area contributed by atoms with Gasteiger partial charge < -0.3 is 5.11 Å². The molecule has 0 aromatic heterocycles. The van der Waals surface area contributed by atoms with Crippen molar-refractivity contribution < 1.29 is 18.3 Å². The number of aliphatic hydroxyl groups is 1. The summed E-state index contributed by atoms with van der Waals surface area (Å²) in [6.45, 7) is 0. The lowest BCUT2D eigenvalue weighted by atomic mass is 9.60. The molecule has 0 atom stereocenters. The molecule has 1 rings (SSSR count). The van der Waals surface area contributed by atoms with E-state index >= 15 is 0 Å². The molecule has 0 aromatic carbocycles. The molecule has 0 bridgehead atoms. The van der Waals surface area contributed by atoms with Crippen molar-refractivity contribution in [2.75, 3.05) is 0 Å². The summed E-state index contributed by atoms with van der Waals surface area (Å²) in [5.74, 6) is 0. The van der Waals surface area contributed by atoms with Crippen LogP contribution in [-0.2, 0) is 0 Å². The van der Waals surface area contributed by atoms with Gasteiger partial charge in [-0.1, -0.05) is 0 Å². The van der Waals surface area contributed by atoms with Crippen LogP contribution in [-0.4, -0.2) is 32.4 Å². The minimum atomic E-state index is -4.31. The monoisotopic (exact) mass is 174 g/mol. The number of hydrogen-bond donors (Lipinski definition) is 1. The second-order valence-electron chi connectivity index (χ2n) is 3.45. The van der Waals surface area contributed by atoms with E-state index in [1.165, 1.54) is 0 Å². The summed E-state index contributed by atoms with van der Waals surface area (Å²) in [7, 11) is 9.78. The van der Waals surface area contributed by atoms with Gasteiger partial charge in [0.2, 0.25) is 0 Å². The fourth-order valence-corrected chi connectivity index (χ4v) is 1.25. The highest BCUT2D eigenvalue weighted by Crippen LogP contribution is 2.61. The second-order valence-corrected chi connectivity index (χ2v) is 3.45. The summed E-state index contributed by atoms with van der Waals surface area (Å²) in [5.41, 5.74) is -1.83. The van der Waals surface area contributed by atoms with Crippen molar-refractivity contribution in [1.82, 2.24) is 0 Å². The molecule has 0 amide bonds. The highest BCUT2D eigenvalue weighted by Gasteiger charge is 2.63. The molecule has 1 nitrogen and oxygen atoms in total. The van der Waals surface area contributed by atoms with Gasteiger partial charge in [-0.2, -0.15) is 13.2 Å². The van der Waals surface area contributed by atoms with E-state index in [-0.39, 0.29) is 12.8 Å². The summed E-state index contributed by atoms with van der Waals surface area (Å²) in [6.07, 6.45) is -4.91. The van der Waals surface area contributed by atoms with Crippen molar-refractivity contribution in [2.24, 2.45) is 5.41 Å². The molecule has 4 radical (unpaired) electrons. The molecule has 6 heteroatoms. The Morgan fingerprint density at radius 1 is 1.25 bits per heavy atom. The third-order valence-corrected chi connectivity index (χ3v) is 2.08. The highest BCUT2D eigenvalue weighted by molar-refractivity contribution is 6.38.